The summed E-state index contributed by atoms with van der Waals surface area (Å²) < 4.78 is 6.99. The molecule has 0 aliphatic rings. The van der Waals surface area contributed by atoms with Crippen LogP contribution in [0.2, 0.25) is 0 Å². The van der Waals surface area contributed by atoms with Crippen LogP contribution in [0.3, 0.4) is 0 Å². The SMILES string of the molecule is COc1ccc2c(c1)c(CC(=O)O)c(C)n2C(=O)C(c1ccccc1)c1ccccc1. The number of nitrogens with zero attached hydrogens (tertiary/aromatic N) is 1. The molecule has 156 valence electrons. The maximum absolute atomic E-state index is 14.0. The summed E-state index contributed by atoms with van der Waals surface area (Å²) in [4.78, 5) is 25.6. The predicted octanol–water partition coefficient (Wildman–Crippen LogP) is 5.06. The van der Waals surface area contributed by atoms with Crippen LogP contribution in [-0.4, -0.2) is 28.7 Å². The van der Waals surface area contributed by atoms with Crippen LogP contribution in [0.1, 0.15) is 33.1 Å². The summed E-state index contributed by atoms with van der Waals surface area (Å²) in [5.74, 6) is -0.968. The van der Waals surface area contributed by atoms with Gasteiger partial charge in [-0.05, 0) is 41.8 Å². The Morgan fingerprint density at radius 2 is 1.52 bits per heavy atom. The van der Waals surface area contributed by atoms with Crippen molar-refractivity contribution in [3.05, 3.63) is 101 Å². The van der Waals surface area contributed by atoms with Crippen molar-refractivity contribution < 1.29 is 19.4 Å². The molecule has 1 N–H and O–H groups in total. The van der Waals surface area contributed by atoms with Gasteiger partial charge in [-0.2, -0.15) is 0 Å². The average Bonchev–Trinajstić information content (AvgIpc) is 3.05. The first kappa shape index (κ1) is 20.4. The number of aromatic nitrogens is 1. The molecule has 0 spiro atoms. The van der Waals surface area contributed by atoms with Crippen LogP contribution in [0.4, 0.5) is 0 Å². The molecule has 0 saturated heterocycles. The smallest absolute Gasteiger partial charge is 0.307 e. The van der Waals surface area contributed by atoms with Gasteiger partial charge >= 0.3 is 5.97 Å². The van der Waals surface area contributed by atoms with Crippen LogP contribution in [0, 0.1) is 6.92 Å². The summed E-state index contributed by atoms with van der Waals surface area (Å²) in [6, 6.07) is 24.7. The van der Waals surface area contributed by atoms with Crippen LogP contribution in [0.25, 0.3) is 10.9 Å². The van der Waals surface area contributed by atoms with Gasteiger partial charge < -0.3 is 9.84 Å². The minimum atomic E-state index is -0.944. The van der Waals surface area contributed by atoms with Crippen molar-refractivity contribution in [2.75, 3.05) is 7.11 Å². The summed E-state index contributed by atoms with van der Waals surface area (Å²) in [7, 11) is 1.56. The third kappa shape index (κ3) is 3.82. The zero-order valence-corrected chi connectivity index (χ0v) is 17.4. The number of carbonyl (C=O) groups is 2. The Kier molecular flexibility index (Phi) is 5.58. The highest BCUT2D eigenvalue weighted by atomic mass is 16.5. The van der Waals surface area contributed by atoms with Crippen LogP contribution in [0.15, 0.2) is 78.9 Å². The third-order valence-corrected chi connectivity index (χ3v) is 5.60. The van der Waals surface area contributed by atoms with E-state index in [2.05, 4.69) is 0 Å². The molecule has 5 nitrogen and oxygen atoms in total. The number of benzene rings is 3. The Hall–Kier alpha value is -3.86. The first-order valence-corrected chi connectivity index (χ1v) is 10.0. The number of methoxy groups -OCH3 is 1. The molecule has 4 rings (SSSR count). The minimum Gasteiger partial charge on any atom is -0.497 e. The van der Waals surface area contributed by atoms with Crippen molar-refractivity contribution in [3.8, 4) is 5.75 Å². The molecule has 0 amide bonds. The van der Waals surface area contributed by atoms with Crippen molar-refractivity contribution in [3.63, 3.8) is 0 Å². The van der Waals surface area contributed by atoms with E-state index in [0.717, 1.165) is 11.1 Å². The predicted molar refractivity (Wildman–Crippen MR) is 120 cm³/mol. The Balaban J connectivity index is 1.95. The van der Waals surface area contributed by atoms with Crippen molar-refractivity contribution in [2.24, 2.45) is 0 Å². The third-order valence-electron chi connectivity index (χ3n) is 5.60. The van der Waals surface area contributed by atoms with Gasteiger partial charge in [0.15, 0.2) is 0 Å². The molecule has 0 unspecified atom stereocenters. The Morgan fingerprint density at radius 3 is 2.03 bits per heavy atom. The van der Waals surface area contributed by atoms with Crippen LogP contribution >= 0.6 is 0 Å². The fraction of sp³-hybridized carbons (Fsp3) is 0.154. The lowest BCUT2D eigenvalue weighted by molar-refractivity contribution is -0.136. The van der Waals surface area contributed by atoms with Crippen molar-refractivity contribution in [1.82, 2.24) is 4.57 Å². The fourth-order valence-corrected chi connectivity index (χ4v) is 4.15. The molecule has 0 radical (unpaired) electrons. The minimum absolute atomic E-state index is 0.123. The van der Waals surface area contributed by atoms with E-state index < -0.39 is 11.9 Å². The molecule has 1 aromatic heterocycles. The molecule has 5 heteroatoms. The van der Waals surface area contributed by atoms with Crippen LogP contribution < -0.4 is 4.74 Å². The summed E-state index contributed by atoms with van der Waals surface area (Å²) in [6.45, 7) is 1.80. The average molecular weight is 413 g/mol. The monoisotopic (exact) mass is 413 g/mol. The van der Waals surface area contributed by atoms with Crippen LogP contribution in [0.5, 0.6) is 5.75 Å². The highest BCUT2D eigenvalue weighted by molar-refractivity contribution is 6.01. The second-order valence-electron chi connectivity index (χ2n) is 7.45. The number of aliphatic carboxylic acids is 1. The van der Waals surface area contributed by atoms with E-state index in [4.69, 9.17) is 4.74 Å². The summed E-state index contributed by atoms with van der Waals surface area (Å²) in [6.07, 6.45) is -0.170. The van der Waals surface area contributed by atoms with Gasteiger partial charge in [-0.25, -0.2) is 0 Å². The number of carboxylic acids is 1. The lowest BCUT2D eigenvalue weighted by Gasteiger charge is -2.19. The molecule has 0 aliphatic heterocycles. The quantitative estimate of drug-likeness (QED) is 0.480. The highest BCUT2D eigenvalue weighted by Crippen LogP contribution is 2.34. The normalized spacial score (nSPS) is 11.1. The Morgan fingerprint density at radius 1 is 0.935 bits per heavy atom. The number of fused-ring (bicyclic) bond motifs is 1. The maximum atomic E-state index is 14.0. The second kappa shape index (κ2) is 8.48. The van der Waals surface area contributed by atoms with Gasteiger partial charge in [0, 0.05) is 11.1 Å². The van der Waals surface area contributed by atoms with Gasteiger partial charge in [0.2, 0.25) is 5.91 Å². The van der Waals surface area contributed by atoms with Crippen molar-refractivity contribution in [2.45, 2.75) is 19.3 Å². The topological polar surface area (TPSA) is 68.5 Å². The van der Waals surface area contributed by atoms with Gasteiger partial charge in [-0.3, -0.25) is 14.2 Å². The molecule has 0 bridgehead atoms. The largest absolute Gasteiger partial charge is 0.497 e. The van der Waals surface area contributed by atoms with Crippen molar-refractivity contribution >= 4 is 22.8 Å². The molecule has 0 saturated carbocycles. The summed E-state index contributed by atoms with van der Waals surface area (Å²) in [5.41, 5.74) is 3.69. The Labute approximate surface area is 180 Å². The van der Waals surface area contributed by atoms with Gasteiger partial charge in [-0.1, -0.05) is 60.7 Å². The Bertz CT molecular complexity index is 1200. The molecule has 0 fully saturated rings. The standard InChI is InChI=1S/C26H23NO4/c1-17-21(16-24(28)29)22-15-20(31-2)13-14-23(22)27(17)26(30)25(18-9-5-3-6-10-18)19-11-7-4-8-12-19/h3-15,25H,16H2,1-2H3,(H,28,29). The molecule has 0 atom stereocenters. The zero-order valence-electron chi connectivity index (χ0n) is 17.4. The van der Waals surface area contributed by atoms with E-state index in [0.29, 0.717) is 27.9 Å². The van der Waals surface area contributed by atoms with Gasteiger partial charge in [0.1, 0.15) is 5.75 Å². The lowest BCUT2D eigenvalue weighted by Crippen LogP contribution is -2.22. The number of rotatable bonds is 6. The van der Waals surface area contributed by atoms with E-state index in [1.807, 2.05) is 66.7 Å². The number of hydrogen-bond acceptors (Lipinski definition) is 3. The van der Waals surface area contributed by atoms with Gasteiger partial charge in [-0.15, -0.1) is 0 Å². The first-order chi connectivity index (χ1) is 15.0. The molecule has 1 heterocycles. The highest BCUT2D eigenvalue weighted by Gasteiger charge is 2.28. The molecular weight excluding hydrogens is 390 g/mol. The van der Waals surface area contributed by atoms with Gasteiger partial charge in [0.25, 0.3) is 0 Å². The summed E-state index contributed by atoms with van der Waals surface area (Å²) >= 11 is 0. The number of carbonyl (C=O) groups excluding carboxylic acids is 1. The first-order valence-electron chi connectivity index (χ1n) is 10.0. The molecule has 31 heavy (non-hydrogen) atoms. The molecule has 0 aliphatic carbocycles. The van der Waals surface area contributed by atoms with E-state index in [1.54, 1.807) is 30.7 Å². The van der Waals surface area contributed by atoms with Crippen molar-refractivity contribution in [1.29, 1.82) is 0 Å². The lowest BCUT2D eigenvalue weighted by atomic mass is 9.90. The second-order valence-corrected chi connectivity index (χ2v) is 7.45. The fourth-order valence-electron chi connectivity index (χ4n) is 4.15. The molecule has 3 aromatic carbocycles. The molecular formula is C26H23NO4. The molecule has 4 aromatic rings. The zero-order chi connectivity index (χ0) is 22.0. The van der Waals surface area contributed by atoms with E-state index in [1.165, 1.54) is 0 Å². The maximum Gasteiger partial charge on any atom is 0.307 e. The number of carboxylic acid groups (broad SMARTS) is 1. The summed E-state index contributed by atoms with van der Waals surface area (Å²) in [5, 5.41) is 10.2. The van der Waals surface area contributed by atoms with E-state index >= 15 is 0 Å². The van der Waals surface area contributed by atoms with E-state index in [9.17, 15) is 14.7 Å². The number of ether oxygens (including phenoxy) is 1. The number of hydrogen-bond donors (Lipinski definition) is 1. The van der Waals surface area contributed by atoms with Gasteiger partial charge in [0.05, 0.1) is 25.0 Å². The van der Waals surface area contributed by atoms with Crippen LogP contribution in [-0.2, 0) is 11.2 Å². The van der Waals surface area contributed by atoms with E-state index in [-0.39, 0.29) is 12.3 Å².